The standard InChI is InChI=1S/C13H14ClNS/c14-12-6-2-1-5-11(12)13(15)8-7-10-4-3-9-16-10/h1-6,9,13H,7-8,15H2. The number of aryl methyl sites for hydroxylation is 1. The molecule has 0 aliphatic rings. The van der Waals surface area contributed by atoms with Gasteiger partial charge in [-0.3, -0.25) is 0 Å². The van der Waals surface area contributed by atoms with Gasteiger partial charge in [0, 0.05) is 15.9 Å². The van der Waals surface area contributed by atoms with Crippen LogP contribution < -0.4 is 5.73 Å². The SMILES string of the molecule is NC(CCc1cccs1)c1ccccc1Cl. The molecular weight excluding hydrogens is 238 g/mol. The smallest absolute Gasteiger partial charge is 0.0453 e. The van der Waals surface area contributed by atoms with Crippen molar-refractivity contribution in [1.82, 2.24) is 0 Å². The summed E-state index contributed by atoms with van der Waals surface area (Å²) < 4.78 is 0. The Morgan fingerprint density at radius 2 is 2.00 bits per heavy atom. The van der Waals surface area contributed by atoms with Crippen molar-refractivity contribution in [3.05, 3.63) is 57.2 Å². The maximum absolute atomic E-state index is 6.13. The third kappa shape index (κ3) is 2.85. The molecule has 0 saturated carbocycles. The van der Waals surface area contributed by atoms with Gasteiger partial charge in [0.15, 0.2) is 0 Å². The Morgan fingerprint density at radius 1 is 1.19 bits per heavy atom. The van der Waals surface area contributed by atoms with Crippen molar-refractivity contribution < 1.29 is 0 Å². The van der Waals surface area contributed by atoms with E-state index in [1.54, 1.807) is 11.3 Å². The zero-order chi connectivity index (χ0) is 11.4. The van der Waals surface area contributed by atoms with Crippen LogP contribution >= 0.6 is 22.9 Å². The molecule has 1 heterocycles. The van der Waals surface area contributed by atoms with E-state index in [4.69, 9.17) is 17.3 Å². The van der Waals surface area contributed by atoms with E-state index in [0.717, 1.165) is 23.4 Å². The molecule has 84 valence electrons. The summed E-state index contributed by atoms with van der Waals surface area (Å²) in [6, 6.07) is 12.0. The van der Waals surface area contributed by atoms with E-state index in [1.807, 2.05) is 24.3 Å². The minimum Gasteiger partial charge on any atom is -0.324 e. The first kappa shape index (κ1) is 11.6. The highest BCUT2D eigenvalue weighted by molar-refractivity contribution is 7.09. The van der Waals surface area contributed by atoms with Gasteiger partial charge in [-0.05, 0) is 35.9 Å². The summed E-state index contributed by atoms with van der Waals surface area (Å²) in [5, 5.41) is 2.86. The average molecular weight is 252 g/mol. The van der Waals surface area contributed by atoms with Crippen LogP contribution in [0.1, 0.15) is 22.9 Å². The lowest BCUT2D eigenvalue weighted by Gasteiger charge is -2.12. The number of benzene rings is 1. The van der Waals surface area contributed by atoms with Crippen LogP contribution in [-0.4, -0.2) is 0 Å². The second-order valence-corrected chi connectivity index (χ2v) is 5.19. The molecule has 1 aromatic carbocycles. The van der Waals surface area contributed by atoms with Gasteiger partial charge in [-0.2, -0.15) is 0 Å². The van der Waals surface area contributed by atoms with E-state index in [-0.39, 0.29) is 6.04 Å². The van der Waals surface area contributed by atoms with Crippen LogP contribution in [0.15, 0.2) is 41.8 Å². The Kier molecular flexibility index (Phi) is 3.99. The molecule has 1 atom stereocenters. The normalized spacial score (nSPS) is 12.6. The molecule has 3 heteroatoms. The molecule has 1 nitrogen and oxygen atoms in total. The highest BCUT2D eigenvalue weighted by atomic mass is 35.5. The van der Waals surface area contributed by atoms with Crippen molar-refractivity contribution in [3.8, 4) is 0 Å². The van der Waals surface area contributed by atoms with Crippen molar-refractivity contribution >= 4 is 22.9 Å². The summed E-state index contributed by atoms with van der Waals surface area (Å²) in [6.45, 7) is 0. The van der Waals surface area contributed by atoms with Gasteiger partial charge in [0.1, 0.15) is 0 Å². The highest BCUT2D eigenvalue weighted by Crippen LogP contribution is 2.24. The summed E-state index contributed by atoms with van der Waals surface area (Å²) >= 11 is 7.88. The van der Waals surface area contributed by atoms with Crippen molar-refractivity contribution in [3.63, 3.8) is 0 Å². The van der Waals surface area contributed by atoms with E-state index in [2.05, 4.69) is 17.5 Å². The molecule has 1 unspecified atom stereocenters. The largest absolute Gasteiger partial charge is 0.324 e. The quantitative estimate of drug-likeness (QED) is 0.872. The van der Waals surface area contributed by atoms with Crippen LogP contribution in [0.25, 0.3) is 0 Å². The molecule has 0 bridgehead atoms. The first-order valence-corrected chi connectivity index (χ1v) is 6.55. The van der Waals surface area contributed by atoms with E-state index in [9.17, 15) is 0 Å². The van der Waals surface area contributed by atoms with Crippen LogP contribution in [0.2, 0.25) is 5.02 Å². The number of halogens is 1. The van der Waals surface area contributed by atoms with E-state index >= 15 is 0 Å². The van der Waals surface area contributed by atoms with E-state index in [0.29, 0.717) is 0 Å². The Balaban J connectivity index is 1.98. The van der Waals surface area contributed by atoms with Gasteiger partial charge in [-0.15, -0.1) is 11.3 Å². The van der Waals surface area contributed by atoms with Crippen molar-refractivity contribution in [1.29, 1.82) is 0 Å². The van der Waals surface area contributed by atoms with Gasteiger partial charge in [-0.25, -0.2) is 0 Å². The first-order valence-electron chi connectivity index (χ1n) is 5.30. The number of thiophene rings is 1. The molecule has 0 radical (unpaired) electrons. The molecule has 16 heavy (non-hydrogen) atoms. The molecule has 0 spiro atoms. The zero-order valence-corrected chi connectivity index (χ0v) is 10.5. The van der Waals surface area contributed by atoms with E-state index in [1.165, 1.54) is 4.88 Å². The Hall–Kier alpha value is -0.830. The fourth-order valence-corrected chi connectivity index (χ4v) is 2.68. The minimum absolute atomic E-state index is 0.0239. The van der Waals surface area contributed by atoms with Gasteiger partial charge in [0.2, 0.25) is 0 Å². The van der Waals surface area contributed by atoms with Crippen LogP contribution in [0.5, 0.6) is 0 Å². The maximum atomic E-state index is 6.13. The fraction of sp³-hybridized carbons (Fsp3) is 0.231. The second kappa shape index (κ2) is 5.48. The van der Waals surface area contributed by atoms with Crippen LogP contribution in [0, 0.1) is 0 Å². The maximum Gasteiger partial charge on any atom is 0.0453 e. The topological polar surface area (TPSA) is 26.0 Å². The monoisotopic (exact) mass is 251 g/mol. The van der Waals surface area contributed by atoms with E-state index < -0.39 is 0 Å². The van der Waals surface area contributed by atoms with Gasteiger partial charge < -0.3 is 5.73 Å². The van der Waals surface area contributed by atoms with Gasteiger partial charge >= 0.3 is 0 Å². The summed E-state index contributed by atoms with van der Waals surface area (Å²) in [5.74, 6) is 0. The number of hydrogen-bond donors (Lipinski definition) is 1. The van der Waals surface area contributed by atoms with Gasteiger partial charge in [0.05, 0.1) is 0 Å². The number of rotatable bonds is 4. The molecule has 0 aliphatic heterocycles. The number of hydrogen-bond acceptors (Lipinski definition) is 2. The molecule has 0 saturated heterocycles. The molecule has 0 amide bonds. The highest BCUT2D eigenvalue weighted by Gasteiger charge is 2.09. The lowest BCUT2D eigenvalue weighted by atomic mass is 10.0. The van der Waals surface area contributed by atoms with Crippen LogP contribution in [0.3, 0.4) is 0 Å². The zero-order valence-electron chi connectivity index (χ0n) is 8.90. The van der Waals surface area contributed by atoms with Gasteiger partial charge in [0.25, 0.3) is 0 Å². The Labute approximate surface area is 105 Å². The molecule has 2 N–H and O–H groups in total. The van der Waals surface area contributed by atoms with Crippen molar-refractivity contribution in [2.45, 2.75) is 18.9 Å². The van der Waals surface area contributed by atoms with Crippen molar-refractivity contribution in [2.75, 3.05) is 0 Å². The summed E-state index contributed by atoms with van der Waals surface area (Å²) in [7, 11) is 0. The van der Waals surface area contributed by atoms with Crippen LogP contribution in [-0.2, 0) is 6.42 Å². The Morgan fingerprint density at radius 3 is 2.69 bits per heavy atom. The molecule has 2 rings (SSSR count). The third-order valence-electron chi connectivity index (χ3n) is 2.59. The lowest BCUT2D eigenvalue weighted by molar-refractivity contribution is 0.656. The fourth-order valence-electron chi connectivity index (χ4n) is 1.68. The van der Waals surface area contributed by atoms with Crippen LogP contribution in [0.4, 0.5) is 0 Å². The summed E-state index contributed by atoms with van der Waals surface area (Å²) in [6.07, 6.45) is 1.95. The second-order valence-electron chi connectivity index (χ2n) is 3.75. The lowest BCUT2D eigenvalue weighted by Crippen LogP contribution is -2.11. The minimum atomic E-state index is 0.0239. The van der Waals surface area contributed by atoms with Gasteiger partial charge in [-0.1, -0.05) is 35.9 Å². The number of nitrogens with two attached hydrogens (primary N) is 1. The predicted octanol–water partition coefficient (Wildman–Crippen LogP) is 4.03. The first-order chi connectivity index (χ1) is 7.77. The summed E-state index contributed by atoms with van der Waals surface area (Å²) in [5.41, 5.74) is 7.17. The summed E-state index contributed by atoms with van der Waals surface area (Å²) in [4.78, 5) is 1.38. The third-order valence-corrected chi connectivity index (χ3v) is 3.87. The average Bonchev–Trinajstić information content (AvgIpc) is 2.79. The molecule has 0 fully saturated rings. The molecular formula is C13H14ClNS. The van der Waals surface area contributed by atoms with Crippen molar-refractivity contribution in [2.24, 2.45) is 5.73 Å². The molecule has 2 aromatic rings. The Bertz CT molecular complexity index is 439. The molecule has 1 aromatic heterocycles. The molecule has 0 aliphatic carbocycles. The predicted molar refractivity (Wildman–Crippen MR) is 71.0 cm³/mol.